The summed E-state index contributed by atoms with van der Waals surface area (Å²) in [4.78, 5) is 0.242. The van der Waals surface area contributed by atoms with Gasteiger partial charge in [-0.3, -0.25) is 0 Å². The van der Waals surface area contributed by atoms with Crippen molar-refractivity contribution in [3.63, 3.8) is 0 Å². The molecule has 0 heterocycles. The Hall–Kier alpha value is -1.02. The number of hydrogen-bond acceptors (Lipinski definition) is 4. The molecule has 106 valence electrons. The molecule has 1 rings (SSSR count). The van der Waals surface area contributed by atoms with E-state index in [1.165, 1.54) is 19.2 Å². The Morgan fingerprint density at radius 1 is 1.47 bits per heavy atom. The SMILES string of the molecule is CN(CC(C)(C)O)S(=O)(=O)c1cccc(C(N)=S)c1. The number of likely N-dealkylation sites (N-methyl/N-ethyl adjacent to an activating group) is 1. The Labute approximate surface area is 119 Å². The van der Waals surface area contributed by atoms with Crippen LogP contribution in [-0.4, -0.2) is 42.0 Å². The molecule has 0 aliphatic carbocycles. The van der Waals surface area contributed by atoms with E-state index in [4.69, 9.17) is 18.0 Å². The normalized spacial score (nSPS) is 12.7. The molecular formula is C12H18N2O3S2. The molecule has 0 fully saturated rings. The van der Waals surface area contributed by atoms with Gasteiger partial charge in [0.05, 0.1) is 10.5 Å². The lowest BCUT2D eigenvalue weighted by Crippen LogP contribution is -2.39. The summed E-state index contributed by atoms with van der Waals surface area (Å²) in [5.74, 6) is 0. The second-order valence-electron chi connectivity index (χ2n) is 4.97. The summed E-state index contributed by atoms with van der Waals surface area (Å²) in [6.45, 7) is 3.08. The summed E-state index contributed by atoms with van der Waals surface area (Å²) in [5.41, 5.74) is 4.87. The fourth-order valence-electron chi connectivity index (χ4n) is 1.62. The molecule has 0 saturated carbocycles. The zero-order valence-corrected chi connectivity index (χ0v) is 12.8. The minimum atomic E-state index is -3.67. The molecule has 3 N–H and O–H groups in total. The van der Waals surface area contributed by atoms with Crippen molar-refractivity contribution in [2.75, 3.05) is 13.6 Å². The Morgan fingerprint density at radius 3 is 2.53 bits per heavy atom. The maximum absolute atomic E-state index is 12.3. The number of aliphatic hydroxyl groups is 1. The molecule has 7 heteroatoms. The van der Waals surface area contributed by atoms with Crippen molar-refractivity contribution in [2.45, 2.75) is 24.3 Å². The van der Waals surface area contributed by atoms with Gasteiger partial charge in [-0.15, -0.1) is 0 Å². The van der Waals surface area contributed by atoms with Crippen LogP contribution >= 0.6 is 12.2 Å². The summed E-state index contributed by atoms with van der Waals surface area (Å²) in [5, 5.41) is 9.69. The smallest absolute Gasteiger partial charge is 0.242 e. The van der Waals surface area contributed by atoms with Gasteiger partial charge in [0.25, 0.3) is 0 Å². The molecule has 0 aliphatic heterocycles. The Kier molecular flexibility index (Phi) is 4.67. The highest BCUT2D eigenvalue weighted by Gasteiger charge is 2.26. The van der Waals surface area contributed by atoms with Crippen LogP contribution in [0.5, 0.6) is 0 Å². The highest BCUT2D eigenvalue weighted by atomic mass is 32.2. The third-order valence-electron chi connectivity index (χ3n) is 2.44. The van der Waals surface area contributed by atoms with Crippen LogP contribution in [0.1, 0.15) is 19.4 Å². The third kappa shape index (κ3) is 4.24. The lowest BCUT2D eigenvalue weighted by molar-refractivity contribution is 0.0640. The molecule has 0 aliphatic rings. The Morgan fingerprint density at radius 2 is 2.05 bits per heavy atom. The van der Waals surface area contributed by atoms with E-state index < -0.39 is 15.6 Å². The standard InChI is InChI=1S/C12H18N2O3S2/c1-12(2,15)8-14(3)19(16,17)10-6-4-5-9(7-10)11(13)18/h4-7,15H,8H2,1-3H3,(H2,13,18). The van der Waals surface area contributed by atoms with Crippen molar-refractivity contribution in [1.82, 2.24) is 4.31 Å². The molecule has 0 bridgehead atoms. The van der Waals surface area contributed by atoms with Crippen molar-refractivity contribution >= 4 is 27.2 Å². The number of rotatable bonds is 5. The van der Waals surface area contributed by atoms with Crippen molar-refractivity contribution in [3.8, 4) is 0 Å². The largest absolute Gasteiger partial charge is 0.389 e. The topological polar surface area (TPSA) is 83.6 Å². The van der Waals surface area contributed by atoms with Crippen LogP contribution in [0, 0.1) is 0 Å². The first-order valence-electron chi connectivity index (χ1n) is 5.62. The van der Waals surface area contributed by atoms with E-state index in [9.17, 15) is 13.5 Å². The van der Waals surface area contributed by atoms with E-state index in [1.54, 1.807) is 26.0 Å². The fourth-order valence-corrected chi connectivity index (χ4v) is 3.12. The van der Waals surface area contributed by atoms with Gasteiger partial charge in [0, 0.05) is 19.2 Å². The molecule has 0 unspecified atom stereocenters. The number of nitrogens with zero attached hydrogens (tertiary/aromatic N) is 1. The van der Waals surface area contributed by atoms with Gasteiger partial charge in [0.2, 0.25) is 10.0 Å². The van der Waals surface area contributed by atoms with Gasteiger partial charge in [-0.05, 0) is 26.0 Å². The van der Waals surface area contributed by atoms with E-state index in [1.807, 2.05) is 0 Å². The van der Waals surface area contributed by atoms with Crippen molar-refractivity contribution < 1.29 is 13.5 Å². The number of nitrogens with two attached hydrogens (primary N) is 1. The molecule has 0 amide bonds. The zero-order chi connectivity index (χ0) is 14.8. The number of sulfonamides is 1. The van der Waals surface area contributed by atoms with Crippen LogP contribution < -0.4 is 5.73 Å². The minimum absolute atomic E-state index is 0.00731. The van der Waals surface area contributed by atoms with Crippen LogP contribution in [0.2, 0.25) is 0 Å². The lowest BCUT2D eigenvalue weighted by atomic mass is 10.1. The molecule has 0 atom stereocenters. The molecule has 1 aromatic carbocycles. The lowest BCUT2D eigenvalue weighted by Gasteiger charge is -2.25. The second kappa shape index (κ2) is 5.54. The summed E-state index contributed by atoms with van der Waals surface area (Å²) < 4.78 is 25.7. The van der Waals surface area contributed by atoms with Crippen LogP contribution in [0.25, 0.3) is 0 Å². The van der Waals surface area contributed by atoms with Crippen LogP contribution in [0.4, 0.5) is 0 Å². The molecule has 1 aromatic rings. The van der Waals surface area contributed by atoms with E-state index >= 15 is 0 Å². The predicted octanol–water partition coefficient (Wildman–Crippen LogP) is 0.712. The van der Waals surface area contributed by atoms with Crippen LogP contribution in [0.15, 0.2) is 29.2 Å². The van der Waals surface area contributed by atoms with E-state index in [-0.39, 0.29) is 16.4 Å². The molecule has 0 aromatic heterocycles. The van der Waals surface area contributed by atoms with E-state index in [0.717, 1.165) is 4.31 Å². The maximum Gasteiger partial charge on any atom is 0.242 e. The van der Waals surface area contributed by atoms with E-state index in [2.05, 4.69) is 0 Å². The molecular weight excluding hydrogens is 284 g/mol. The first-order chi connectivity index (χ1) is 8.54. The van der Waals surface area contributed by atoms with Gasteiger partial charge in [0.1, 0.15) is 4.99 Å². The average Bonchev–Trinajstić information content (AvgIpc) is 2.26. The number of hydrogen-bond donors (Lipinski definition) is 2. The summed E-state index contributed by atoms with van der Waals surface area (Å²) >= 11 is 4.83. The van der Waals surface area contributed by atoms with Gasteiger partial charge in [0.15, 0.2) is 0 Å². The van der Waals surface area contributed by atoms with Crippen molar-refractivity contribution in [2.24, 2.45) is 5.73 Å². The second-order valence-corrected chi connectivity index (χ2v) is 7.45. The number of benzene rings is 1. The first kappa shape index (κ1) is 16.0. The number of thiocarbonyl (C=S) groups is 1. The molecule has 19 heavy (non-hydrogen) atoms. The quantitative estimate of drug-likeness (QED) is 0.783. The zero-order valence-electron chi connectivity index (χ0n) is 11.1. The molecule has 5 nitrogen and oxygen atoms in total. The van der Waals surface area contributed by atoms with Crippen LogP contribution in [0.3, 0.4) is 0 Å². The van der Waals surface area contributed by atoms with Gasteiger partial charge in [-0.1, -0.05) is 24.4 Å². The van der Waals surface area contributed by atoms with Crippen molar-refractivity contribution in [3.05, 3.63) is 29.8 Å². The highest BCUT2D eigenvalue weighted by molar-refractivity contribution is 7.89. The van der Waals surface area contributed by atoms with Crippen LogP contribution in [-0.2, 0) is 10.0 Å². The highest BCUT2D eigenvalue weighted by Crippen LogP contribution is 2.18. The van der Waals surface area contributed by atoms with Gasteiger partial charge < -0.3 is 10.8 Å². The Bertz CT molecular complexity index is 577. The van der Waals surface area contributed by atoms with E-state index in [0.29, 0.717) is 5.56 Å². The fraction of sp³-hybridized carbons (Fsp3) is 0.417. The molecule has 0 spiro atoms. The van der Waals surface area contributed by atoms with Crippen molar-refractivity contribution in [1.29, 1.82) is 0 Å². The summed E-state index contributed by atoms with van der Waals surface area (Å²) in [6.07, 6.45) is 0. The van der Waals surface area contributed by atoms with Gasteiger partial charge >= 0.3 is 0 Å². The van der Waals surface area contributed by atoms with Gasteiger partial charge in [-0.25, -0.2) is 8.42 Å². The summed E-state index contributed by atoms with van der Waals surface area (Å²) in [6, 6.07) is 6.13. The first-order valence-corrected chi connectivity index (χ1v) is 7.47. The summed E-state index contributed by atoms with van der Waals surface area (Å²) in [7, 11) is -2.25. The Balaban J connectivity index is 3.13. The average molecular weight is 302 g/mol. The molecule has 0 saturated heterocycles. The third-order valence-corrected chi connectivity index (χ3v) is 4.47. The maximum atomic E-state index is 12.3. The minimum Gasteiger partial charge on any atom is -0.389 e. The predicted molar refractivity (Wildman–Crippen MR) is 78.4 cm³/mol. The monoisotopic (exact) mass is 302 g/mol. The molecule has 0 radical (unpaired) electrons. The van der Waals surface area contributed by atoms with Gasteiger partial charge in [-0.2, -0.15) is 4.31 Å².